The molecule has 0 fully saturated rings. The van der Waals surface area contributed by atoms with E-state index in [4.69, 9.17) is 15.7 Å². The van der Waals surface area contributed by atoms with Crippen LogP contribution in [0.2, 0.25) is 0 Å². The largest absolute Gasteiger partial charge is 0.489 e. The van der Waals surface area contributed by atoms with Crippen molar-refractivity contribution in [2.75, 3.05) is 13.2 Å². The van der Waals surface area contributed by atoms with Gasteiger partial charge in [-0.05, 0) is 6.07 Å². The summed E-state index contributed by atoms with van der Waals surface area (Å²) >= 11 is 0. The monoisotopic (exact) mass is 163 g/mol. The van der Waals surface area contributed by atoms with Gasteiger partial charge in [-0.3, -0.25) is 4.98 Å². The second-order valence-corrected chi connectivity index (χ2v) is 2.12. The number of ether oxygens (including phenoxy) is 1. The Kier molecular flexibility index (Phi) is 3.05. The maximum atomic E-state index is 8.63. The van der Waals surface area contributed by atoms with E-state index in [0.29, 0.717) is 24.5 Å². The second kappa shape index (κ2) is 4.31. The Balaban J connectivity index is 2.77. The third kappa shape index (κ3) is 1.94. The van der Waals surface area contributed by atoms with Crippen molar-refractivity contribution >= 4 is 0 Å². The van der Waals surface area contributed by atoms with Crippen LogP contribution in [0.4, 0.5) is 0 Å². The zero-order valence-electron chi connectivity index (χ0n) is 6.53. The maximum absolute atomic E-state index is 8.63. The van der Waals surface area contributed by atoms with Gasteiger partial charge in [0, 0.05) is 12.7 Å². The lowest BCUT2D eigenvalue weighted by Gasteiger charge is -2.03. The number of hydrogen-bond donors (Lipinski definition) is 1. The molecule has 1 aromatic heterocycles. The van der Waals surface area contributed by atoms with Gasteiger partial charge in [0.15, 0.2) is 5.75 Å². The summed E-state index contributed by atoms with van der Waals surface area (Å²) in [5.74, 6) is 0.491. The highest BCUT2D eigenvalue weighted by atomic mass is 16.5. The van der Waals surface area contributed by atoms with Crippen LogP contribution in [0.1, 0.15) is 5.56 Å². The van der Waals surface area contributed by atoms with Crippen molar-refractivity contribution in [3.05, 3.63) is 24.0 Å². The zero-order valence-corrected chi connectivity index (χ0v) is 6.53. The molecule has 0 amide bonds. The van der Waals surface area contributed by atoms with Crippen LogP contribution in [0.5, 0.6) is 5.75 Å². The summed E-state index contributed by atoms with van der Waals surface area (Å²) in [6.07, 6.45) is 3.06. The van der Waals surface area contributed by atoms with E-state index < -0.39 is 0 Å². The summed E-state index contributed by atoms with van der Waals surface area (Å²) in [7, 11) is 0. The lowest BCUT2D eigenvalue weighted by Crippen LogP contribution is -2.11. The van der Waals surface area contributed by atoms with E-state index in [2.05, 4.69) is 4.98 Å². The standard InChI is InChI=1S/C8H9N3O/c9-2-4-12-8-6-11-3-1-7(8)5-10/h1,3,6H,2,4,9H2. The fraction of sp³-hybridized carbons (Fsp3) is 0.250. The normalized spacial score (nSPS) is 9.00. The Labute approximate surface area is 70.6 Å². The highest BCUT2D eigenvalue weighted by Gasteiger charge is 2.00. The smallest absolute Gasteiger partial charge is 0.155 e. The van der Waals surface area contributed by atoms with Crippen LogP contribution < -0.4 is 10.5 Å². The molecule has 2 N–H and O–H groups in total. The molecule has 0 saturated carbocycles. The Morgan fingerprint density at radius 2 is 2.50 bits per heavy atom. The van der Waals surface area contributed by atoms with Gasteiger partial charge in [-0.2, -0.15) is 5.26 Å². The molecule has 0 atom stereocenters. The molecule has 0 aliphatic carbocycles. The average Bonchev–Trinajstić information content (AvgIpc) is 2.15. The van der Waals surface area contributed by atoms with Crippen molar-refractivity contribution in [3.63, 3.8) is 0 Å². The first kappa shape index (κ1) is 8.50. The lowest BCUT2D eigenvalue weighted by atomic mass is 10.3. The van der Waals surface area contributed by atoms with Crippen molar-refractivity contribution in [1.82, 2.24) is 4.98 Å². The van der Waals surface area contributed by atoms with Crippen LogP contribution >= 0.6 is 0 Å². The van der Waals surface area contributed by atoms with E-state index in [1.54, 1.807) is 12.3 Å². The number of pyridine rings is 1. The highest BCUT2D eigenvalue weighted by molar-refractivity contribution is 5.40. The number of nitriles is 1. The van der Waals surface area contributed by atoms with Gasteiger partial charge >= 0.3 is 0 Å². The molecule has 0 saturated heterocycles. The predicted molar refractivity (Wildman–Crippen MR) is 43.5 cm³/mol. The molecular weight excluding hydrogens is 154 g/mol. The van der Waals surface area contributed by atoms with Gasteiger partial charge in [0.25, 0.3) is 0 Å². The molecule has 0 radical (unpaired) electrons. The van der Waals surface area contributed by atoms with E-state index in [1.165, 1.54) is 6.20 Å². The third-order valence-corrected chi connectivity index (χ3v) is 1.28. The molecule has 1 aromatic rings. The van der Waals surface area contributed by atoms with Crippen LogP contribution in [-0.2, 0) is 0 Å². The number of hydrogen-bond acceptors (Lipinski definition) is 4. The molecule has 12 heavy (non-hydrogen) atoms. The van der Waals surface area contributed by atoms with E-state index in [-0.39, 0.29) is 0 Å². The van der Waals surface area contributed by atoms with Crippen LogP contribution in [0.15, 0.2) is 18.5 Å². The fourth-order valence-corrected chi connectivity index (χ4v) is 0.756. The number of rotatable bonds is 3. The first-order valence-electron chi connectivity index (χ1n) is 3.55. The van der Waals surface area contributed by atoms with Crippen LogP contribution in [0.3, 0.4) is 0 Å². The predicted octanol–water partition coefficient (Wildman–Crippen LogP) is 0.291. The van der Waals surface area contributed by atoms with Crippen molar-refractivity contribution < 1.29 is 4.74 Å². The minimum atomic E-state index is 0.403. The molecule has 0 aliphatic rings. The molecular formula is C8H9N3O. The quantitative estimate of drug-likeness (QED) is 0.695. The number of nitrogens with zero attached hydrogens (tertiary/aromatic N) is 2. The lowest BCUT2D eigenvalue weighted by molar-refractivity contribution is 0.326. The third-order valence-electron chi connectivity index (χ3n) is 1.28. The number of nitrogens with two attached hydrogens (primary N) is 1. The minimum Gasteiger partial charge on any atom is -0.489 e. The van der Waals surface area contributed by atoms with Gasteiger partial charge in [0.2, 0.25) is 0 Å². The molecule has 4 heteroatoms. The molecule has 0 aromatic carbocycles. The molecule has 1 rings (SSSR count). The Morgan fingerprint density at radius 1 is 1.67 bits per heavy atom. The van der Waals surface area contributed by atoms with Crippen LogP contribution in [-0.4, -0.2) is 18.1 Å². The summed E-state index contributed by atoms with van der Waals surface area (Å²) in [4.78, 5) is 3.83. The Bertz CT molecular complexity index is 293. The van der Waals surface area contributed by atoms with E-state index in [1.807, 2.05) is 6.07 Å². The molecule has 4 nitrogen and oxygen atoms in total. The summed E-state index contributed by atoms with van der Waals surface area (Å²) in [5.41, 5.74) is 5.72. The van der Waals surface area contributed by atoms with Gasteiger partial charge < -0.3 is 10.5 Å². The van der Waals surface area contributed by atoms with E-state index in [9.17, 15) is 0 Å². The van der Waals surface area contributed by atoms with Crippen molar-refractivity contribution in [3.8, 4) is 11.8 Å². The fourth-order valence-electron chi connectivity index (χ4n) is 0.756. The van der Waals surface area contributed by atoms with Gasteiger partial charge in [-0.1, -0.05) is 0 Å². The van der Waals surface area contributed by atoms with Crippen molar-refractivity contribution in [1.29, 1.82) is 5.26 Å². The maximum Gasteiger partial charge on any atom is 0.155 e. The number of aromatic nitrogens is 1. The summed E-state index contributed by atoms with van der Waals surface area (Å²) in [5, 5.41) is 8.63. The van der Waals surface area contributed by atoms with Gasteiger partial charge in [0.05, 0.1) is 11.8 Å². The molecule has 0 unspecified atom stereocenters. The summed E-state index contributed by atoms with van der Waals surface area (Å²) in [6.45, 7) is 0.833. The first-order chi connectivity index (χ1) is 5.88. The highest BCUT2D eigenvalue weighted by Crippen LogP contribution is 2.13. The average molecular weight is 163 g/mol. The topological polar surface area (TPSA) is 71.9 Å². The van der Waals surface area contributed by atoms with E-state index in [0.717, 1.165) is 0 Å². The molecule has 0 spiro atoms. The SMILES string of the molecule is N#Cc1ccncc1OCCN. The van der Waals surface area contributed by atoms with Gasteiger partial charge in [0.1, 0.15) is 12.7 Å². The van der Waals surface area contributed by atoms with Gasteiger partial charge in [-0.25, -0.2) is 0 Å². The Morgan fingerprint density at radius 3 is 3.17 bits per heavy atom. The molecule has 0 bridgehead atoms. The molecule has 0 aliphatic heterocycles. The molecule has 62 valence electrons. The molecule has 1 heterocycles. The second-order valence-electron chi connectivity index (χ2n) is 2.12. The van der Waals surface area contributed by atoms with E-state index >= 15 is 0 Å². The summed E-state index contributed by atoms with van der Waals surface area (Å²) < 4.78 is 5.17. The zero-order chi connectivity index (χ0) is 8.81. The van der Waals surface area contributed by atoms with Gasteiger partial charge in [-0.15, -0.1) is 0 Å². The first-order valence-corrected chi connectivity index (χ1v) is 3.55. The van der Waals surface area contributed by atoms with Crippen LogP contribution in [0, 0.1) is 11.3 Å². The Hall–Kier alpha value is -1.60. The summed E-state index contributed by atoms with van der Waals surface area (Å²) in [6, 6.07) is 3.60. The van der Waals surface area contributed by atoms with Crippen molar-refractivity contribution in [2.24, 2.45) is 5.73 Å². The van der Waals surface area contributed by atoms with Crippen LogP contribution in [0.25, 0.3) is 0 Å². The van der Waals surface area contributed by atoms with Crippen molar-refractivity contribution in [2.45, 2.75) is 0 Å². The minimum absolute atomic E-state index is 0.403.